The summed E-state index contributed by atoms with van der Waals surface area (Å²) < 4.78 is 0. The Balaban J connectivity index is 0.000000285. The van der Waals surface area contributed by atoms with Crippen LogP contribution in [0.2, 0.25) is 0 Å². The average molecular weight is 516 g/mol. The summed E-state index contributed by atoms with van der Waals surface area (Å²) in [6, 6.07) is 14.7. The number of hydrogen-bond donors (Lipinski definition) is 8. The van der Waals surface area contributed by atoms with E-state index in [-0.39, 0.29) is 0 Å². The number of hydrogen-bond acceptors (Lipinski definition) is 7. The Bertz CT molecular complexity index is 1110. The summed E-state index contributed by atoms with van der Waals surface area (Å²) in [5.41, 5.74) is 24.2. The van der Waals surface area contributed by atoms with E-state index in [1.807, 2.05) is 60.8 Å². The first-order valence-corrected chi connectivity index (χ1v) is 11.8. The molecule has 0 spiro atoms. The first-order chi connectivity index (χ1) is 17.6. The van der Waals surface area contributed by atoms with Gasteiger partial charge in [-0.15, -0.1) is 0 Å². The fourth-order valence-electron chi connectivity index (χ4n) is 3.21. The Morgan fingerprint density at radius 3 is 1.84 bits per heavy atom. The molecule has 2 aromatic carbocycles. The molecule has 11 heteroatoms. The lowest BCUT2D eigenvalue weighted by Gasteiger charge is -2.04. The van der Waals surface area contributed by atoms with Crippen LogP contribution in [0.15, 0.2) is 60.8 Å². The third-order valence-electron chi connectivity index (χ3n) is 5.33. The lowest BCUT2D eigenvalue weighted by atomic mass is 10.1. The number of aliphatic carboxylic acids is 3. The van der Waals surface area contributed by atoms with Gasteiger partial charge in [0.1, 0.15) is 18.1 Å². The van der Waals surface area contributed by atoms with Gasteiger partial charge in [0.25, 0.3) is 0 Å². The molecule has 12 N–H and O–H groups in total. The number of fused-ring (bicyclic) bond motifs is 1. The maximum absolute atomic E-state index is 10.6. The molecule has 0 saturated carbocycles. The topological polar surface area (TPSA) is 232 Å². The summed E-state index contributed by atoms with van der Waals surface area (Å²) in [6.45, 7) is 0.604. The number of carbonyl (C=O) groups is 3. The molecule has 0 radical (unpaired) electrons. The van der Waals surface area contributed by atoms with Crippen LogP contribution in [0.1, 0.15) is 30.4 Å². The number of nitrogens with one attached hydrogen (secondary N) is 1. The van der Waals surface area contributed by atoms with Gasteiger partial charge in [-0.1, -0.05) is 55.0 Å². The van der Waals surface area contributed by atoms with E-state index in [0.717, 1.165) is 34.9 Å². The molecule has 0 aliphatic carbocycles. The van der Waals surface area contributed by atoms with Gasteiger partial charge in [0.05, 0.1) is 0 Å². The van der Waals surface area contributed by atoms with Crippen LogP contribution in [0.25, 0.3) is 10.9 Å². The lowest BCUT2D eigenvalue weighted by Crippen LogP contribution is -2.32. The predicted molar refractivity (Wildman–Crippen MR) is 142 cm³/mol. The fraction of sp³-hybridized carbons (Fsp3) is 0.346. The zero-order valence-corrected chi connectivity index (χ0v) is 20.6. The molecule has 11 nitrogen and oxygen atoms in total. The molecule has 3 aromatic rings. The Kier molecular flexibility index (Phi) is 14.2. The lowest BCUT2D eigenvalue weighted by molar-refractivity contribution is -0.139. The normalized spacial score (nSPS) is 12.8. The van der Waals surface area contributed by atoms with Crippen molar-refractivity contribution >= 4 is 28.8 Å². The molecule has 0 aliphatic rings. The molecule has 0 aliphatic heterocycles. The largest absolute Gasteiger partial charge is 0.480 e. The molecule has 1 heterocycles. The summed E-state index contributed by atoms with van der Waals surface area (Å²) in [5.74, 6) is -2.86. The highest BCUT2D eigenvalue weighted by Gasteiger charge is 2.14. The zero-order chi connectivity index (χ0) is 27.8. The second-order valence-electron chi connectivity index (χ2n) is 8.37. The number of rotatable bonds is 11. The smallest absolute Gasteiger partial charge is 0.320 e. The summed E-state index contributed by atoms with van der Waals surface area (Å²) >= 11 is 0. The number of para-hydroxylation sites is 1. The van der Waals surface area contributed by atoms with Gasteiger partial charge in [0.2, 0.25) is 0 Å². The van der Waals surface area contributed by atoms with Crippen LogP contribution in [-0.2, 0) is 27.2 Å². The van der Waals surface area contributed by atoms with E-state index in [1.165, 1.54) is 0 Å². The number of benzene rings is 2. The van der Waals surface area contributed by atoms with E-state index in [2.05, 4.69) is 4.98 Å². The molecule has 37 heavy (non-hydrogen) atoms. The number of nitrogens with two attached hydrogens (primary N) is 4. The minimum atomic E-state index is -0.972. The second kappa shape index (κ2) is 16.8. The Hall–Kier alpha value is -3.77. The van der Waals surface area contributed by atoms with Crippen LogP contribution in [0, 0.1) is 0 Å². The van der Waals surface area contributed by atoms with E-state index in [0.29, 0.717) is 25.8 Å². The van der Waals surface area contributed by atoms with Gasteiger partial charge in [-0.3, -0.25) is 14.4 Å². The Morgan fingerprint density at radius 2 is 1.27 bits per heavy atom. The summed E-state index contributed by atoms with van der Waals surface area (Å²) in [5, 5.41) is 26.6. The van der Waals surface area contributed by atoms with Crippen LogP contribution < -0.4 is 22.9 Å². The first kappa shape index (κ1) is 31.3. The molecule has 3 atom stereocenters. The molecule has 3 unspecified atom stereocenters. The number of unbranched alkanes of at least 4 members (excludes halogenated alkanes) is 1. The molecule has 0 amide bonds. The van der Waals surface area contributed by atoms with Gasteiger partial charge < -0.3 is 43.2 Å². The number of carboxylic acid groups (broad SMARTS) is 3. The minimum absolute atomic E-state index is 0.347. The number of H-pyrrole nitrogens is 1. The van der Waals surface area contributed by atoms with E-state index >= 15 is 0 Å². The Labute approximate surface area is 215 Å². The summed E-state index contributed by atoms with van der Waals surface area (Å²) in [6.07, 6.45) is 4.71. The second-order valence-corrected chi connectivity index (χ2v) is 8.37. The van der Waals surface area contributed by atoms with Gasteiger partial charge in [-0.2, -0.15) is 0 Å². The molecule has 0 saturated heterocycles. The maximum Gasteiger partial charge on any atom is 0.320 e. The van der Waals surface area contributed by atoms with Gasteiger partial charge in [0.15, 0.2) is 0 Å². The van der Waals surface area contributed by atoms with Crippen LogP contribution in [0.5, 0.6) is 0 Å². The van der Waals surface area contributed by atoms with Crippen molar-refractivity contribution in [1.82, 2.24) is 4.98 Å². The fourth-order valence-corrected chi connectivity index (χ4v) is 3.21. The molecule has 1 aromatic heterocycles. The van der Waals surface area contributed by atoms with E-state index < -0.39 is 36.0 Å². The van der Waals surface area contributed by atoms with Crippen molar-refractivity contribution in [3.05, 3.63) is 71.9 Å². The van der Waals surface area contributed by atoms with Crippen LogP contribution in [-0.4, -0.2) is 62.9 Å². The van der Waals surface area contributed by atoms with Crippen molar-refractivity contribution < 1.29 is 29.7 Å². The zero-order valence-electron chi connectivity index (χ0n) is 20.6. The standard InChI is InChI=1S/C11H12N2O2.C9H11NO2.C6H14N2O2/c12-9(11(14)15)5-7-6-13-10-4-2-1-3-8(7)10;10-8(9(11)12)6-7-4-2-1-3-5-7;7-4-2-1-3-5(8)6(9)10/h1-4,6,9,13H,5,12H2,(H,14,15);1-5,8H,6,10H2,(H,11,12);5H,1-4,7-8H2,(H,9,10). The van der Waals surface area contributed by atoms with E-state index in [1.54, 1.807) is 0 Å². The molecule has 0 fully saturated rings. The van der Waals surface area contributed by atoms with Crippen LogP contribution in [0.3, 0.4) is 0 Å². The number of carboxylic acids is 3. The molecular weight excluding hydrogens is 478 g/mol. The first-order valence-electron chi connectivity index (χ1n) is 11.8. The highest BCUT2D eigenvalue weighted by atomic mass is 16.4. The van der Waals surface area contributed by atoms with E-state index in [9.17, 15) is 14.4 Å². The molecule has 3 rings (SSSR count). The Morgan fingerprint density at radius 1 is 0.730 bits per heavy atom. The third-order valence-corrected chi connectivity index (χ3v) is 5.33. The highest BCUT2D eigenvalue weighted by molar-refractivity contribution is 5.84. The van der Waals surface area contributed by atoms with E-state index in [4.69, 9.17) is 38.3 Å². The average Bonchev–Trinajstić information content (AvgIpc) is 3.28. The minimum Gasteiger partial charge on any atom is -0.480 e. The van der Waals surface area contributed by atoms with Crippen molar-refractivity contribution in [1.29, 1.82) is 0 Å². The highest BCUT2D eigenvalue weighted by Crippen LogP contribution is 2.18. The third kappa shape index (κ3) is 12.2. The quantitative estimate of drug-likeness (QED) is 0.170. The maximum atomic E-state index is 10.6. The molecule has 0 bridgehead atoms. The van der Waals surface area contributed by atoms with Crippen molar-refractivity contribution in [2.75, 3.05) is 6.54 Å². The summed E-state index contributed by atoms with van der Waals surface area (Å²) in [4.78, 5) is 34.2. The van der Waals surface area contributed by atoms with Crippen molar-refractivity contribution in [2.24, 2.45) is 22.9 Å². The monoisotopic (exact) mass is 515 g/mol. The van der Waals surface area contributed by atoms with Gasteiger partial charge in [-0.05, 0) is 43.0 Å². The summed E-state index contributed by atoms with van der Waals surface area (Å²) in [7, 11) is 0. The SMILES string of the molecule is NC(Cc1c[nH]c2ccccc12)C(=O)O.NC(Cc1ccccc1)C(=O)O.NCCCCC(N)C(=O)O. The van der Waals surface area contributed by atoms with Crippen LogP contribution in [0.4, 0.5) is 0 Å². The van der Waals surface area contributed by atoms with Crippen LogP contribution >= 0.6 is 0 Å². The number of aromatic amines is 1. The van der Waals surface area contributed by atoms with Gasteiger partial charge in [0, 0.05) is 23.5 Å². The van der Waals surface area contributed by atoms with Gasteiger partial charge in [-0.25, -0.2) is 0 Å². The van der Waals surface area contributed by atoms with Crippen molar-refractivity contribution in [3.8, 4) is 0 Å². The number of aromatic nitrogens is 1. The van der Waals surface area contributed by atoms with Crippen molar-refractivity contribution in [2.45, 2.75) is 50.2 Å². The van der Waals surface area contributed by atoms with Gasteiger partial charge >= 0.3 is 17.9 Å². The molecule has 202 valence electrons. The predicted octanol–water partition coefficient (Wildman–Crippen LogP) is 1.29. The molecular formula is C26H37N5O6. The van der Waals surface area contributed by atoms with Crippen molar-refractivity contribution in [3.63, 3.8) is 0 Å².